The van der Waals surface area contributed by atoms with Gasteiger partial charge in [0.25, 0.3) is 0 Å². The maximum atomic E-state index is 12.4. The minimum absolute atomic E-state index is 0.125. The first kappa shape index (κ1) is 13.6. The van der Waals surface area contributed by atoms with Crippen LogP contribution in [0.1, 0.15) is 38.5 Å². The van der Waals surface area contributed by atoms with E-state index in [-0.39, 0.29) is 11.3 Å². The number of rotatable bonds is 3. The first-order chi connectivity index (χ1) is 8.44. The number of hydrogen-bond acceptors (Lipinski definition) is 3. The van der Waals surface area contributed by atoms with Gasteiger partial charge in [0.05, 0.1) is 0 Å². The molecule has 0 spiro atoms. The van der Waals surface area contributed by atoms with Crippen molar-refractivity contribution in [1.29, 1.82) is 0 Å². The summed E-state index contributed by atoms with van der Waals surface area (Å²) in [6.07, 6.45) is 1.87. The summed E-state index contributed by atoms with van der Waals surface area (Å²) in [5.41, 5.74) is -0.274. The molecule has 0 saturated carbocycles. The van der Waals surface area contributed by atoms with Crippen molar-refractivity contribution < 1.29 is 4.79 Å². The van der Waals surface area contributed by atoms with Crippen LogP contribution in [0.4, 0.5) is 0 Å². The minimum atomic E-state index is -0.514. The Labute approximate surface area is 113 Å². The smallest absolute Gasteiger partial charge is 0.245 e. The van der Waals surface area contributed by atoms with E-state index in [0.29, 0.717) is 0 Å². The lowest BCUT2D eigenvalue weighted by atomic mass is 9.81. The van der Waals surface area contributed by atoms with E-state index in [1.54, 1.807) is 11.3 Å². The summed E-state index contributed by atoms with van der Waals surface area (Å²) >= 11 is 1.66. The van der Waals surface area contributed by atoms with E-state index < -0.39 is 5.54 Å². The van der Waals surface area contributed by atoms with Gasteiger partial charge >= 0.3 is 0 Å². The molecule has 1 amide bonds. The van der Waals surface area contributed by atoms with Gasteiger partial charge in [-0.25, -0.2) is 0 Å². The Kier molecular flexibility index (Phi) is 3.78. The first-order valence-corrected chi connectivity index (χ1v) is 7.39. The standard InChI is InChI=1S/C14H22N2OS/c1-13(2,3)6-7-14(11-5-4-10-18-11)12(17)15-8-9-16-14/h4-5,10,16H,6-9H2,1-3H3,(H,15,17). The van der Waals surface area contributed by atoms with Crippen LogP contribution in [0.15, 0.2) is 17.5 Å². The zero-order valence-electron chi connectivity index (χ0n) is 11.4. The molecule has 0 bridgehead atoms. The van der Waals surface area contributed by atoms with E-state index in [9.17, 15) is 4.79 Å². The van der Waals surface area contributed by atoms with Crippen molar-refractivity contribution >= 4 is 17.2 Å². The predicted molar refractivity (Wildman–Crippen MR) is 75.7 cm³/mol. The fourth-order valence-electron chi connectivity index (χ4n) is 2.29. The molecular weight excluding hydrogens is 244 g/mol. The maximum absolute atomic E-state index is 12.4. The lowest BCUT2D eigenvalue weighted by Gasteiger charge is -2.38. The van der Waals surface area contributed by atoms with Crippen LogP contribution in [-0.4, -0.2) is 19.0 Å². The molecule has 2 rings (SSSR count). The Morgan fingerprint density at radius 3 is 2.72 bits per heavy atom. The molecule has 1 aliphatic rings. The summed E-state index contributed by atoms with van der Waals surface area (Å²) in [6.45, 7) is 8.22. The number of carbonyl (C=O) groups is 1. The van der Waals surface area contributed by atoms with E-state index in [1.807, 2.05) is 11.4 Å². The van der Waals surface area contributed by atoms with Crippen LogP contribution in [0, 0.1) is 5.41 Å². The summed E-state index contributed by atoms with van der Waals surface area (Å²) in [6, 6.07) is 4.08. The molecule has 0 aromatic carbocycles. The third-order valence-electron chi connectivity index (χ3n) is 3.42. The molecule has 3 nitrogen and oxygen atoms in total. The van der Waals surface area contributed by atoms with Gasteiger partial charge in [-0.15, -0.1) is 11.3 Å². The second-order valence-corrected chi connectivity index (χ2v) is 7.07. The Bertz CT molecular complexity index is 408. The zero-order valence-corrected chi connectivity index (χ0v) is 12.2. The monoisotopic (exact) mass is 266 g/mol. The largest absolute Gasteiger partial charge is 0.353 e. The lowest BCUT2D eigenvalue weighted by Crippen LogP contribution is -2.60. The molecule has 1 unspecified atom stereocenters. The van der Waals surface area contributed by atoms with Crippen molar-refractivity contribution in [1.82, 2.24) is 10.6 Å². The summed E-state index contributed by atoms with van der Waals surface area (Å²) in [5.74, 6) is 0.125. The van der Waals surface area contributed by atoms with E-state index in [2.05, 4.69) is 37.5 Å². The highest BCUT2D eigenvalue weighted by molar-refractivity contribution is 7.10. The third kappa shape index (κ3) is 2.75. The second kappa shape index (κ2) is 5.02. The van der Waals surface area contributed by atoms with Gasteiger partial charge in [-0.05, 0) is 29.7 Å². The number of thiophene rings is 1. The van der Waals surface area contributed by atoms with Gasteiger partial charge in [0.1, 0.15) is 5.54 Å². The summed E-state index contributed by atoms with van der Waals surface area (Å²) in [4.78, 5) is 13.5. The van der Waals surface area contributed by atoms with Gasteiger partial charge in [-0.3, -0.25) is 10.1 Å². The van der Waals surface area contributed by atoms with E-state index in [4.69, 9.17) is 0 Å². The molecule has 18 heavy (non-hydrogen) atoms. The fraction of sp³-hybridized carbons (Fsp3) is 0.643. The number of piperazine rings is 1. The molecule has 0 aliphatic carbocycles. The number of carbonyl (C=O) groups excluding carboxylic acids is 1. The van der Waals surface area contributed by atoms with Gasteiger partial charge in [0, 0.05) is 18.0 Å². The average Bonchev–Trinajstić information content (AvgIpc) is 2.81. The van der Waals surface area contributed by atoms with Crippen LogP contribution in [0.2, 0.25) is 0 Å². The van der Waals surface area contributed by atoms with Crippen LogP contribution < -0.4 is 10.6 Å². The van der Waals surface area contributed by atoms with Crippen molar-refractivity contribution in [3.05, 3.63) is 22.4 Å². The summed E-state index contributed by atoms with van der Waals surface area (Å²) in [7, 11) is 0. The Morgan fingerprint density at radius 1 is 1.39 bits per heavy atom. The van der Waals surface area contributed by atoms with Crippen LogP contribution in [0.5, 0.6) is 0 Å². The van der Waals surface area contributed by atoms with Crippen molar-refractivity contribution in [2.75, 3.05) is 13.1 Å². The quantitative estimate of drug-likeness (QED) is 0.882. The van der Waals surface area contributed by atoms with Gasteiger partial charge in [0.2, 0.25) is 5.91 Å². The lowest BCUT2D eigenvalue weighted by molar-refractivity contribution is -0.130. The van der Waals surface area contributed by atoms with Crippen LogP contribution in [0.3, 0.4) is 0 Å². The zero-order chi connectivity index (χ0) is 13.2. The van der Waals surface area contributed by atoms with Gasteiger partial charge < -0.3 is 5.32 Å². The first-order valence-electron chi connectivity index (χ1n) is 6.51. The van der Waals surface area contributed by atoms with E-state index in [0.717, 1.165) is 30.8 Å². The average molecular weight is 266 g/mol. The molecule has 1 aromatic heterocycles. The molecule has 4 heteroatoms. The Balaban J connectivity index is 2.25. The normalized spacial score (nSPS) is 24.9. The van der Waals surface area contributed by atoms with Crippen LogP contribution in [0.25, 0.3) is 0 Å². The Hall–Kier alpha value is -0.870. The van der Waals surface area contributed by atoms with Crippen molar-refractivity contribution in [2.24, 2.45) is 5.41 Å². The molecule has 100 valence electrons. The highest BCUT2D eigenvalue weighted by Crippen LogP contribution is 2.35. The minimum Gasteiger partial charge on any atom is -0.353 e. The highest BCUT2D eigenvalue weighted by Gasteiger charge is 2.42. The molecule has 1 saturated heterocycles. The van der Waals surface area contributed by atoms with Crippen LogP contribution in [-0.2, 0) is 10.3 Å². The van der Waals surface area contributed by atoms with Gasteiger partial charge in [0.15, 0.2) is 0 Å². The second-order valence-electron chi connectivity index (χ2n) is 6.13. The number of amides is 1. The van der Waals surface area contributed by atoms with Crippen molar-refractivity contribution in [3.8, 4) is 0 Å². The fourth-order valence-corrected chi connectivity index (χ4v) is 3.22. The molecule has 2 N–H and O–H groups in total. The predicted octanol–water partition coefficient (Wildman–Crippen LogP) is 2.49. The van der Waals surface area contributed by atoms with E-state index >= 15 is 0 Å². The molecule has 2 heterocycles. The van der Waals surface area contributed by atoms with Gasteiger partial charge in [-0.1, -0.05) is 26.8 Å². The third-order valence-corrected chi connectivity index (χ3v) is 4.45. The summed E-state index contributed by atoms with van der Waals surface area (Å²) in [5, 5.41) is 8.50. The van der Waals surface area contributed by atoms with Crippen molar-refractivity contribution in [2.45, 2.75) is 39.2 Å². The Morgan fingerprint density at radius 2 is 2.17 bits per heavy atom. The van der Waals surface area contributed by atoms with Gasteiger partial charge in [-0.2, -0.15) is 0 Å². The number of nitrogens with one attached hydrogen (secondary N) is 2. The summed E-state index contributed by atoms with van der Waals surface area (Å²) < 4.78 is 0. The van der Waals surface area contributed by atoms with E-state index in [1.165, 1.54) is 0 Å². The molecular formula is C14H22N2OS. The molecule has 1 atom stereocenters. The molecule has 0 radical (unpaired) electrons. The maximum Gasteiger partial charge on any atom is 0.245 e. The van der Waals surface area contributed by atoms with Crippen LogP contribution >= 0.6 is 11.3 Å². The number of hydrogen-bond donors (Lipinski definition) is 2. The topological polar surface area (TPSA) is 41.1 Å². The molecule has 1 aromatic rings. The molecule has 1 aliphatic heterocycles. The van der Waals surface area contributed by atoms with Crippen molar-refractivity contribution in [3.63, 3.8) is 0 Å². The SMILES string of the molecule is CC(C)(C)CCC1(c2cccs2)NCCNC1=O. The highest BCUT2D eigenvalue weighted by atomic mass is 32.1. The molecule has 1 fully saturated rings.